The quantitative estimate of drug-likeness (QED) is 0.0810. The largest absolute Gasteiger partial charge is 0.465 e. The molecule has 0 radical (unpaired) electrons. The van der Waals surface area contributed by atoms with Gasteiger partial charge in [0.2, 0.25) is 11.8 Å². The zero-order valence-electron chi connectivity index (χ0n) is 37.4. The van der Waals surface area contributed by atoms with Gasteiger partial charge in [-0.05, 0) is 71.0 Å². The van der Waals surface area contributed by atoms with E-state index < -0.39 is 59.0 Å². The number of nitrogens with one attached hydrogen (secondary N) is 2. The van der Waals surface area contributed by atoms with Crippen molar-refractivity contribution in [3.63, 3.8) is 0 Å². The summed E-state index contributed by atoms with van der Waals surface area (Å²) < 4.78 is 0. The van der Waals surface area contributed by atoms with Gasteiger partial charge in [0, 0.05) is 56.1 Å². The summed E-state index contributed by atoms with van der Waals surface area (Å²) in [7, 11) is 1.38. The van der Waals surface area contributed by atoms with Gasteiger partial charge < -0.3 is 30.6 Å². The molecule has 5 aromatic rings. The lowest BCUT2D eigenvalue weighted by Gasteiger charge is -2.38. The molecule has 13 heteroatoms. The molecule has 63 heavy (non-hydrogen) atoms. The van der Waals surface area contributed by atoms with Crippen LogP contribution in [0.3, 0.4) is 0 Å². The molecule has 5 amide bonds. The maximum Gasteiger partial charge on any atom is 0.407 e. The van der Waals surface area contributed by atoms with Crippen LogP contribution in [0, 0.1) is 10.8 Å². The van der Waals surface area contributed by atoms with E-state index in [-0.39, 0.29) is 18.9 Å². The first-order valence-electron chi connectivity index (χ1n) is 21.6. The van der Waals surface area contributed by atoms with Gasteiger partial charge in [-0.15, -0.1) is 0 Å². The van der Waals surface area contributed by atoms with Gasteiger partial charge in [0.25, 0.3) is 0 Å². The van der Waals surface area contributed by atoms with Crippen LogP contribution in [0.25, 0.3) is 22.2 Å². The van der Waals surface area contributed by atoms with E-state index in [0.29, 0.717) is 26.1 Å². The summed E-state index contributed by atoms with van der Waals surface area (Å²) >= 11 is 0. The van der Waals surface area contributed by atoms with Gasteiger partial charge in [-0.25, -0.2) is 9.59 Å². The Hall–Kier alpha value is -6.34. The molecule has 1 aliphatic rings. The number of nitrogens with zero attached hydrogens (tertiary/aromatic N) is 5. The molecule has 332 valence electrons. The molecule has 1 fully saturated rings. The summed E-state index contributed by atoms with van der Waals surface area (Å²) in [5.74, 6) is -0.892. The highest BCUT2D eigenvalue weighted by Gasteiger charge is 2.45. The number of carbonyl (C=O) groups excluding carboxylic acids is 3. The Balaban J connectivity index is 1.26. The molecule has 4 N–H and O–H groups in total. The number of carbonyl (C=O) groups is 4. The Labute approximate surface area is 370 Å². The number of aliphatic hydroxyl groups is 1. The number of hydrogen-bond donors (Lipinski definition) is 4. The highest BCUT2D eigenvalue weighted by Crippen LogP contribution is 2.30. The Morgan fingerprint density at radius 3 is 2.06 bits per heavy atom. The van der Waals surface area contributed by atoms with Crippen molar-refractivity contribution in [3.8, 4) is 11.3 Å². The molecule has 0 saturated carbocycles. The number of hydrogen-bond acceptors (Lipinski definition) is 7. The molecule has 3 aromatic carbocycles. The fourth-order valence-electron chi connectivity index (χ4n) is 8.72. The van der Waals surface area contributed by atoms with Crippen molar-refractivity contribution in [3.05, 3.63) is 132 Å². The van der Waals surface area contributed by atoms with Crippen molar-refractivity contribution in [2.24, 2.45) is 10.8 Å². The van der Waals surface area contributed by atoms with E-state index in [9.17, 15) is 29.4 Å². The van der Waals surface area contributed by atoms with Crippen LogP contribution >= 0.6 is 0 Å². The Morgan fingerprint density at radius 1 is 0.746 bits per heavy atom. The lowest BCUT2D eigenvalue weighted by atomic mass is 9.84. The molecule has 6 rings (SSSR count). The minimum Gasteiger partial charge on any atom is -0.465 e. The number of amides is 5. The van der Waals surface area contributed by atoms with Crippen LogP contribution in [-0.2, 0) is 29.0 Å². The number of rotatable bonds is 16. The van der Waals surface area contributed by atoms with Gasteiger partial charge in [-0.1, -0.05) is 120 Å². The second-order valence-corrected chi connectivity index (χ2v) is 18.7. The number of carboxylic acid groups (broad SMARTS) is 1. The molecule has 5 atom stereocenters. The van der Waals surface area contributed by atoms with E-state index in [1.165, 1.54) is 7.05 Å². The summed E-state index contributed by atoms with van der Waals surface area (Å²) in [4.78, 5) is 68.6. The third-order valence-corrected chi connectivity index (χ3v) is 11.7. The maximum atomic E-state index is 14.7. The monoisotopic (exact) mass is 855 g/mol. The number of pyridine rings is 2. The smallest absolute Gasteiger partial charge is 0.407 e. The summed E-state index contributed by atoms with van der Waals surface area (Å²) in [6, 6.07) is 29.1. The number of aliphatic hydroxyl groups excluding tert-OH is 1. The molecular formula is C50H61N7O6. The van der Waals surface area contributed by atoms with Crippen LogP contribution in [-0.4, -0.2) is 109 Å². The standard InChI is InChI=1S/C50H61N7O6/c1-49(2,3)43(55(7)48(62)63)45(59)53-37(29-34-20-22-35(23-21-34)39-18-13-14-25-51-39)31-42(58)41(30-33-15-9-8-10-16-33)54-46(60)44(50(4,5)6)57-28-27-56(47(57)61)32-36-24-26-52-40-19-12-11-17-38(36)40/h8-26,37,41-44,58H,27-32H2,1-7H3,(H,53,59)(H,54,60)(H,62,63)/t37-,41-,42-,43+,44+/m0/s1. The topological polar surface area (TPSA) is 168 Å². The van der Waals surface area contributed by atoms with Crippen molar-refractivity contribution in [2.45, 2.75) is 97.6 Å². The van der Waals surface area contributed by atoms with Gasteiger partial charge in [-0.3, -0.25) is 24.5 Å². The first kappa shape index (κ1) is 46.2. The fraction of sp³-hybridized carbons (Fsp3) is 0.400. The number of benzene rings is 3. The second kappa shape index (κ2) is 19.8. The molecule has 0 spiro atoms. The normalized spacial score (nSPS) is 15.7. The zero-order valence-corrected chi connectivity index (χ0v) is 37.4. The number of likely N-dealkylation sites (N-methyl/N-ethyl adjacent to an activating group) is 1. The molecule has 0 bridgehead atoms. The molecule has 0 unspecified atom stereocenters. The first-order chi connectivity index (χ1) is 29.9. The Kier molecular flexibility index (Phi) is 14.5. The Bertz CT molecular complexity index is 2340. The third kappa shape index (κ3) is 11.6. The van der Waals surface area contributed by atoms with Crippen molar-refractivity contribution >= 4 is 34.8 Å². The van der Waals surface area contributed by atoms with Crippen molar-refractivity contribution in [1.29, 1.82) is 0 Å². The summed E-state index contributed by atoms with van der Waals surface area (Å²) in [6.07, 6.45) is 1.65. The predicted octanol–water partition coefficient (Wildman–Crippen LogP) is 7.18. The summed E-state index contributed by atoms with van der Waals surface area (Å²) in [5.41, 5.74) is 3.85. The molecule has 0 aliphatic carbocycles. The zero-order chi connectivity index (χ0) is 45.5. The molecule has 13 nitrogen and oxygen atoms in total. The van der Waals surface area contributed by atoms with E-state index >= 15 is 0 Å². The van der Waals surface area contributed by atoms with Gasteiger partial charge >= 0.3 is 12.1 Å². The SMILES string of the molecule is CN(C(=O)O)[C@H](C(=O)N[C@@H](Cc1ccc(-c2ccccn2)cc1)C[C@H](O)[C@H](Cc1ccccc1)NC(=O)[C@@H](N1CCN(Cc2ccnc3ccccc23)C1=O)C(C)(C)C)C(C)(C)C. The predicted molar refractivity (Wildman–Crippen MR) is 245 cm³/mol. The average Bonchev–Trinajstić information content (AvgIpc) is 3.58. The van der Waals surface area contributed by atoms with Gasteiger partial charge in [-0.2, -0.15) is 0 Å². The highest BCUT2D eigenvalue weighted by molar-refractivity contribution is 5.89. The number of urea groups is 1. The minimum atomic E-state index is -1.24. The minimum absolute atomic E-state index is 0.0235. The molecular weight excluding hydrogens is 795 g/mol. The number of aromatic nitrogens is 2. The van der Waals surface area contributed by atoms with Gasteiger partial charge in [0.05, 0.1) is 23.4 Å². The lowest BCUT2D eigenvalue weighted by molar-refractivity contribution is -0.131. The van der Waals surface area contributed by atoms with Gasteiger partial charge in [0.1, 0.15) is 12.1 Å². The van der Waals surface area contributed by atoms with Crippen molar-refractivity contribution in [1.82, 2.24) is 35.3 Å². The van der Waals surface area contributed by atoms with E-state index in [1.807, 2.05) is 124 Å². The van der Waals surface area contributed by atoms with Crippen molar-refractivity contribution < 1.29 is 29.4 Å². The summed E-state index contributed by atoms with van der Waals surface area (Å²) in [6.45, 7) is 12.3. The third-order valence-electron chi connectivity index (χ3n) is 11.7. The molecule has 1 aliphatic heterocycles. The van der Waals surface area contributed by atoms with E-state index in [1.54, 1.807) is 43.0 Å². The van der Waals surface area contributed by atoms with E-state index in [2.05, 4.69) is 20.6 Å². The van der Waals surface area contributed by atoms with Gasteiger partial charge in [0.15, 0.2) is 0 Å². The maximum absolute atomic E-state index is 14.7. The molecule has 1 saturated heterocycles. The van der Waals surface area contributed by atoms with E-state index in [4.69, 9.17) is 0 Å². The lowest BCUT2D eigenvalue weighted by Crippen LogP contribution is -2.59. The van der Waals surface area contributed by atoms with Crippen LogP contribution in [0.5, 0.6) is 0 Å². The van der Waals surface area contributed by atoms with Crippen LogP contribution in [0.4, 0.5) is 9.59 Å². The number of fused-ring (bicyclic) bond motifs is 1. The Morgan fingerprint density at radius 2 is 1.41 bits per heavy atom. The molecule has 2 aromatic heterocycles. The number of para-hydroxylation sites is 1. The van der Waals surface area contributed by atoms with Crippen LogP contribution in [0.15, 0.2) is 116 Å². The van der Waals surface area contributed by atoms with Crippen LogP contribution < -0.4 is 10.6 Å². The fourth-order valence-corrected chi connectivity index (χ4v) is 8.72. The van der Waals surface area contributed by atoms with Crippen molar-refractivity contribution in [2.75, 3.05) is 20.1 Å². The summed E-state index contributed by atoms with van der Waals surface area (Å²) in [5, 5.41) is 29.5. The van der Waals surface area contributed by atoms with Crippen LogP contribution in [0.1, 0.15) is 64.7 Å². The molecule has 3 heterocycles. The van der Waals surface area contributed by atoms with Crippen LogP contribution in [0.2, 0.25) is 0 Å². The first-order valence-corrected chi connectivity index (χ1v) is 21.6. The van der Waals surface area contributed by atoms with E-state index in [0.717, 1.165) is 43.8 Å². The average molecular weight is 856 g/mol. The second-order valence-electron chi connectivity index (χ2n) is 18.7. The highest BCUT2D eigenvalue weighted by atomic mass is 16.4.